The Labute approximate surface area is 168 Å². The van der Waals surface area contributed by atoms with E-state index in [4.69, 9.17) is 4.74 Å². The van der Waals surface area contributed by atoms with E-state index < -0.39 is 5.41 Å². The maximum absolute atomic E-state index is 15.1. The molecule has 1 N–H and O–H groups in total. The Kier molecular flexibility index (Phi) is 4.89. The second-order valence-corrected chi connectivity index (χ2v) is 8.08. The van der Waals surface area contributed by atoms with Crippen molar-refractivity contribution >= 4 is 16.9 Å². The number of carbonyl (C=O) groups excluding carboxylic acids is 1. The Morgan fingerprint density at radius 3 is 2.86 bits per heavy atom. The Morgan fingerprint density at radius 1 is 1.31 bits per heavy atom. The molecule has 0 aliphatic heterocycles. The zero-order valence-electron chi connectivity index (χ0n) is 16.8. The van der Waals surface area contributed by atoms with Crippen LogP contribution in [0.15, 0.2) is 36.5 Å². The minimum Gasteiger partial charge on any atom is -0.468 e. The maximum Gasteiger partial charge on any atom is 0.316 e. The smallest absolute Gasteiger partial charge is 0.316 e. The summed E-state index contributed by atoms with van der Waals surface area (Å²) in [7, 11) is 1.36. The van der Waals surface area contributed by atoms with Crippen molar-refractivity contribution in [3.05, 3.63) is 64.9 Å². The average Bonchev–Trinajstić information content (AvgIpc) is 3.38. The van der Waals surface area contributed by atoms with Crippen LogP contribution in [-0.2, 0) is 14.9 Å². The van der Waals surface area contributed by atoms with Crippen molar-refractivity contribution in [1.82, 2.24) is 10.2 Å². The summed E-state index contributed by atoms with van der Waals surface area (Å²) in [6.45, 7) is 3.68. The van der Waals surface area contributed by atoms with Gasteiger partial charge < -0.3 is 4.74 Å². The minimum absolute atomic E-state index is 0.0617. The fourth-order valence-corrected chi connectivity index (χ4v) is 4.97. The van der Waals surface area contributed by atoms with Crippen LogP contribution in [0.3, 0.4) is 0 Å². The van der Waals surface area contributed by atoms with Gasteiger partial charge in [0.1, 0.15) is 11.3 Å². The van der Waals surface area contributed by atoms with Crippen molar-refractivity contribution in [2.45, 2.75) is 44.4 Å². The van der Waals surface area contributed by atoms with Gasteiger partial charge in [-0.3, -0.25) is 9.89 Å². The first-order chi connectivity index (χ1) is 13.9. The Hall–Kier alpha value is -2.76. The molecule has 1 heterocycles. The van der Waals surface area contributed by atoms with E-state index >= 15 is 4.39 Å². The highest BCUT2D eigenvalue weighted by atomic mass is 19.1. The van der Waals surface area contributed by atoms with E-state index in [0.29, 0.717) is 35.0 Å². The third-order valence-corrected chi connectivity index (χ3v) is 6.69. The van der Waals surface area contributed by atoms with Gasteiger partial charge in [0.2, 0.25) is 0 Å². The fourth-order valence-electron chi connectivity index (χ4n) is 4.97. The van der Waals surface area contributed by atoms with E-state index in [1.54, 1.807) is 31.3 Å². The van der Waals surface area contributed by atoms with E-state index in [1.807, 2.05) is 13.0 Å². The van der Waals surface area contributed by atoms with Crippen molar-refractivity contribution in [2.24, 2.45) is 5.92 Å². The van der Waals surface area contributed by atoms with E-state index in [0.717, 1.165) is 11.8 Å². The zero-order chi connectivity index (χ0) is 20.8. The molecular formula is C23H24F2N2O2. The van der Waals surface area contributed by atoms with Gasteiger partial charge in [0.25, 0.3) is 0 Å². The van der Waals surface area contributed by atoms with E-state index in [9.17, 15) is 9.18 Å². The number of nitrogens with zero attached hydrogens (tertiary/aromatic N) is 1. The summed E-state index contributed by atoms with van der Waals surface area (Å²) in [5, 5.41) is 7.36. The Morgan fingerprint density at radius 2 is 2.10 bits per heavy atom. The molecule has 152 valence electrons. The van der Waals surface area contributed by atoms with Crippen LogP contribution in [0, 0.1) is 24.5 Å². The number of benzene rings is 2. The maximum atomic E-state index is 15.1. The molecule has 4 nitrogen and oxygen atoms in total. The number of rotatable bonds is 4. The molecule has 29 heavy (non-hydrogen) atoms. The molecule has 3 atom stereocenters. The predicted octanol–water partition coefficient (Wildman–Crippen LogP) is 5.16. The van der Waals surface area contributed by atoms with Crippen LogP contribution >= 0.6 is 0 Å². The molecule has 1 fully saturated rings. The average molecular weight is 398 g/mol. The number of aromatic amines is 1. The summed E-state index contributed by atoms with van der Waals surface area (Å²) in [5.41, 5.74) is 1.23. The first kappa shape index (κ1) is 19.6. The lowest BCUT2D eigenvalue weighted by Crippen LogP contribution is -2.35. The molecule has 3 aromatic rings. The number of fused-ring (bicyclic) bond motifs is 1. The lowest BCUT2D eigenvalue weighted by Gasteiger charge is -2.30. The number of carbonyl (C=O) groups is 1. The van der Waals surface area contributed by atoms with Gasteiger partial charge in [-0.2, -0.15) is 5.10 Å². The molecule has 0 bridgehead atoms. The van der Waals surface area contributed by atoms with E-state index in [-0.39, 0.29) is 29.4 Å². The SMILES string of the molecule is COC(=O)C1(c2cccc(F)c2C)CCC(C(C)c2ccc3cn[nH]c3c2F)C1. The summed E-state index contributed by atoms with van der Waals surface area (Å²) >= 11 is 0. The molecule has 4 rings (SSSR count). The monoisotopic (exact) mass is 398 g/mol. The van der Waals surface area contributed by atoms with Gasteiger partial charge in [-0.05, 0) is 60.8 Å². The highest BCUT2D eigenvalue weighted by molar-refractivity contribution is 5.84. The van der Waals surface area contributed by atoms with Crippen molar-refractivity contribution < 1.29 is 18.3 Å². The minimum atomic E-state index is -0.908. The lowest BCUT2D eigenvalue weighted by atomic mass is 9.74. The normalized spacial score (nSPS) is 22.7. The number of halogens is 2. The van der Waals surface area contributed by atoms with Gasteiger partial charge in [-0.25, -0.2) is 8.78 Å². The summed E-state index contributed by atoms with van der Waals surface area (Å²) in [6, 6.07) is 8.48. The molecule has 1 aromatic heterocycles. The molecule has 1 aliphatic rings. The van der Waals surface area contributed by atoms with Gasteiger partial charge in [0, 0.05) is 5.39 Å². The molecular weight excluding hydrogens is 374 g/mol. The second kappa shape index (κ2) is 7.25. The van der Waals surface area contributed by atoms with E-state index in [2.05, 4.69) is 10.2 Å². The molecule has 1 aliphatic carbocycles. The van der Waals surface area contributed by atoms with Crippen LogP contribution in [0.1, 0.15) is 48.8 Å². The van der Waals surface area contributed by atoms with Crippen molar-refractivity contribution in [3.63, 3.8) is 0 Å². The highest BCUT2D eigenvalue weighted by Crippen LogP contribution is 2.51. The molecule has 0 radical (unpaired) electrons. The molecule has 2 aromatic carbocycles. The molecule has 0 saturated heterocycles. The molecule has 1 saturated carbocycles. The third kappa shape index (κ3) is 3.02. The summed E-state index contributed by atoms with van der Waals surface area (Å²) in [4.78, 5) is 12.9. The standard InChI is InChI=1S/C23H24F2N2O2/c1-13(17-8-7-16-12-26-27-21(16)20(17)25)15-9-10-23(11-15,22(28)29-3)18-5-4-6-19(24)14(18)2/h4-8,12-13,15H,9-11H2,1-3H3,(H,26,27). The third-order valence-electron chi connectivity index (χ3n) is 6.69. The van der Waals surface area contributed by atoms with Crippen LogP contribution in [0.2, 0.25) is 0 Å². The predicted molar refractivity (Wildman–Crippen MR) is 107 cm³/mol. The van der Waals surface area contributed by atoms with Crippen LogP contribution < -0.4 is 0 Å². The first-order valence-corrected chi connectivity index (χ1v) is 9.84. The highest BCUT2D eigenvalue weighted by Gasteiger charge is 2.50. The topological polar surface area (TPSA) is 55.0 Å². The van der Waals surface area contributed by atoms with Crippen molar-refractivity contribution in [2.75, 3.05) is 7.11 Å². The summed E-state index contributed by atoms with van der Waals surface area (Å²) in [6.07, 6.45) is 3.36. The number of esters is 1. The largest absolute Gasteiger partial charge is 0.468 e. The Balaban J connectivity index is 1.71. The second-order valence-electron chi connectivity index (χ2n) is 8.08. The number of hydrogen-bond acceptors (Lipinski definition) is 3. The van der Waals surface area contributed by atoms with Gasteiger partial charge in [-0.15, -0.1) is 0 Å². The van der Waals surface area contributed by atoms with Crippen LogP contribution in [0.25, 0.3) is 10.9 Å². The lowest BCUT2D eigenvalue weighted by molar-refractivity contribution is -0.147. The zero-order valence-corrected chi connectivity index (χ0v) is 16.8. The fraction of sp³-hybridized carbons (Fsp3) is 0.391. The summed E-state index contributed by atoms with van der Waals surface area (Å²) < 4.78 is 34.4. The van der Waals surface area contributed by atoms with Gasteiger partial charge in [-0.1, -0.05) is 31.2 Å². The van der Waals surface area contributed by atoms with Crippen molar-refractivity contribution in [1.29, 1.82) is 0 Å². The molecule has 3 unspecified atom stereocenters. The molecule has 0 amide bonds. The van der Waals surface area contributed by atoms with Crippen LogP contribution in [0.5, 0.6) is 0 Å². The Bertz CT molecular complexity index is 1080. The molecule has 0 spiro atoms. The number of methoxy groups -OCH3 is 1. The number of nitrogens with one attached hydrogen (secondary N) is 1. The quantitative estimate of drug-likeness (QED) is 0.618. The van der Waals surface area contributed by atoms with Crippen LogP contribution in [0.4, 0.5) is 8.78 Å². The van der Waals surface area contributed by atoms with E-state index in [1.165, 1.54) is 13.2 Å². The van der Waals surface area contributed by atoms with Crippen molar-refractivity contribution in [3.8, 4) is 0 Å². The molecule has 6 heteroatoms. The van der Waals surface area contributed by atoms with Gasteiger partial charge >= 0.3 is 5.97 Å². The van der Waals surface area contributed by atoms with Gasteiger partial charge in [0.05, 0.1) is 18.7 Å². The number of aromatic nitrogens is 2. The number of H-pyrrole nitrogens is 1. The summed E-state index contributed by atoms with van der Waals surface area (Å²) in [5.74, 6) is -1.04. The van der Waals surface area contributed by atoms with Gasteiger partial charge in [0.15, 0.2) is 5.82 Å². The first-order valence-electron chi connectivity index (χ1n) is 9.84. The number of hydrogen-bond donors (Lipinski definition) is 1. The van der Waals surface area contributed by atoms with Crippen LogP contribution in [-0.4, -0.2) is 23.3 Å². The number of ether oxygens (including phenoxy) is 1.